The summed E-state index contributed by atoms with van der Waals surface area (Å²) in [5.74, 6) is 1.90. The number of nitrogens with one attached hydrogen (secondary N) is 1. The lowest BCUT2D eigenvalue weighted by molar-refractivity contribution is 0.0253. The Morgan fingerprint density at radius 2 is 1.81 bits per heavy atom. The summed E-state index contributed by atoms with van der Waals surface area (Å²) < 4.78 is 14.8. The summed E-state index contributed by atoms with van der Waals surface area (Å²) in [5, 5.41) is 3.68. The predicted molar refractivity (Wildman–Crippen MR) is 109 cm³/mol. The van der Waals surface area contributed by atoms with Crippen LogP contribution in [0.15, 0.2) is 0 Å². The van der Waals surface area contributed by atoms with Gasteiger partial charge in [-0.15, -0.1) is 0 Å². The third-order valence-corrected chi connectivity index (χ3v) is 8.13. The molecule has 0 aromatic rings. The van der Waals surface area contributed by atoms with Crippen LogP contribution >= 0.6 is 0 Å². The Bertz CT molecular complexity index is 420. The summed E-state index contributed by atoms with van der Waals surface area (Å²) in [6.45, 7) is 5.82. The molecule has 3 rings (SSSR count). The number of hydrogen-bond donors (Lipinski definition) is 2. The Morgan fingerprint density at radius 3 is 2.54 bits per heavy atom. The molecule has 0 amide bonds. The lowest BCUT2D eigenvalue weighted by atomic mass is 9.60. The smallest absolute Gasteiger partial charge is 0.101 e. The van der Waals surface area contributed by atoms with Crippen LogP contribution in [0.4, 0.5) is 4.39 Å². The van der Waals surface area contributed by atoms with Crippen LogP contribution in [0.25, 0.3) is 0 Å². The molecule has 6 unspecified atom stereocenters. The first-order chi connectivity index (χ1) is 12.5. The van der Waals surface area contributed by atoms with E-state index < -0.39 is 6.17 Å². The van der Waals surface area contributed by atoms with E-state index in [0.29, 0.717) is 29.2 Å². The molecule has 3 aliphatic rings. The Balaban J connectivity index is 1.71. The van der Waals surface area contributed by atoms with E-state index >= 15 is 0 Å². The molecule has 3 N–H and O–H groups in total. The van der Waals surface area contributed by atoms with Gasteiger partial charge in [-0.2, -0.15) is 0 Å². The van der Waals surface area contributed by atoms with Gasteiger partial charge in [-0.3, -0.25) is 0 Å². The summed E-state index contributed by atoms with van der Waals surface area (Å²) in [6, 6.07) is 0.721. The van der Waals surface area contributed by atoms with Gasteiger partial charge in [0, 0.05) is 12.1 Å². The van der Waals surface area contributed by atoms with Crippen LogP contribution in [-0.2, 0) is 0 Å². The molecule has 0 radical (unpaired) electrons. The summed E-state index contributed by atoms with van der Waals surface area (Å²) in [5.41, 5.74) is 7.10. The zero-order chi connectivity index (χ0) is 18.6. The lowest BCUT2D eigenvalue weighted by Crippen LogP contribution is -2.57. The second kappa shape index (κ2) is 9.37. The summed E-state index contributed by atoms with van der Waals surface area (Å²) in [7, 11) is 0. The topological polar surface area (TPSA) is 38.0 Å². The summed E-state index contributed by atoms with van der Waals surface area (Å²) in [4.78, 5) is 0. The zero-order valence-corrected chi connectivity index (χ0v) is 17.3. The van der Waals surface area contributed by atoms with Crippen LogP contribution in [0.2, 0.25) is 0 Å². The fraction of sp³-hybridized carbons (Fsp3) is 1.00. The number of halogens is 1. The number of unbranched alkanes of at least 4 members (excludes halogenated alkanes) is 1. The summed E-state index contributed by atoms with van der Waals surface area (Å²) in [6.07, 6.45) is 14.7. The molecule has 3 fully saturated rings. The molecule has 3 heteroatoms. The van der Waals surface area contributed by atoms with E-state index in [-0.39, 0.29) is 6.04 Å². The molecule has 2 saturated carbocycles. The number of nitrogens with two attached hydrogens (primary N) is 1. The normalized spacial score (nSPS) is 41.5. The largest absolute Gasteiger partial charge is 0.326 e. The first-order valence-corrected chi connectivity index (χ1v) is 11.7. The fourth-order valence-electron chi connectivity index (χ4n) is 6.77. The van der Waals surface area contributed by atoms with E-state index in [4.69, 9.17) is 5.73 Å². The predicted octanol–water partition coefficient (Wildman–Crippen LogP) is 5.60. The Labute approximate surface area is 161 Å². The molecule has 2 aliphatic carbocycles. The molecule has 152 valence electrons. The average molecular weight is 367 g/mol. The van der Waals surface area contributed by atoms with Crippen LogP contribution in [0.3, 0.4) is 0 Å². The van der Waals surface area contributed by atoms with Crippen molar-refractivity contribution in [2.75, 3.05) is 6.54 Å². The molecular weight excluding hydrogens is 323 g/mol. The second-order valence-electron chi connectivity index (χ2n) is 10.0. The van der Waals surface area contributed by atoms with E-state index in [9.17, 15) is 4.39 Å². The lowest BCUT2D eigenvalue weighted by Gasteiger charge is -2.48. The highest BCUT2D eigenvalue weighted by atomic mass is 19.1. The maximum absolute atomic E-state index is 14.8. The van der Waals surface area contributed by atoms with Crippen molar-refractivity contribution in [1.29, 1.82) is 0 Å². The van der Waals surface area contributed by atoms with E-state index in [1.54, 1.807) is 0 Å². The van der Waals surface area contributed by atoms with Crippen molar-refractivity contribution in [3.05, 3.63) is 0 Å². The minimum Gasteiger partial charge on any atom is -0.326 e. The van der Waals surface area contributed by atoms with Gasteiger partial charge in [0.05, 0.1) is 0 Å². The summed E-state index contributed by atoms with van der Waals surface area (Å²) >= 11 is 0. The molecule has 0 aromatic heterocycles. The molecule has 1 saturated heterocycles. The van der Waals surface area contributed by atoms with Crippen molar-refractivity contribution in [2.45, 2.75) is 116 Å². The van der Waals surface area contributed by atoms with Gasteiger partial charge in [0.25, 0.3) is 0 Å². The number of alkyl halides is 1. The maximum atomic E-state index is 14.8. The van der Waals surface area contributed by atoms with Gasteiger partial charge in [-0.25, -0.2) is 4.39 Å². The molecule has 6 atom stereocenters. The number of piperidine rings is 1. The molecule has 0 bridgehead atoms. The van der Waals surface area contributed by atoms with Crippen LogP contribution in [-0.4, -0.2) is 24.8 Å². The number of rotatable bonds is 4. The van der Waals surface area contributed by atoms with Crippen LogP contribution < -0.4 is 11.1 Å². The number of hydrogen-bond acceptors (Lipinski definition) is 2. The third-order valence-electron chi connectivity index (χ3n) is 8.13. The van der Waals surface area contributed by atoms with Crippen molar-refractivity contribution < 1.29 is 4.39 Å². The van der Waals surface area contributed by atoms with Gasteiger partial charge in [-0.1, -0.05) is 46.0 Å². The zero-order valence-electron chi connectivity index (χ0n) is 17.3. The quantitative estimate of drug-likeness (QED) is 0.680. The van der Waals surface area contributed by atoms with E-state index in [1.165, 1.54) is 64.2 Å². The molecule has 26 heavy (non-hydrogen) atoms. The van der Waals surface area contributed by atoms with Crippen LogP contribution in [0.5, 0.6) is 0 Å². The van der Waals surface area contributed by atoms with Crippen LogP contribution in [0, 0.1) is 23.2 Å². The first-order valence-electron chi connectivity index (χ1n) is 11.7. The monoisotopic (exact) mass is 366 g/mol. The standard InChI is InChI=1S/C23H43FN2/c1-3-4-8-21-22(25)20(11-14-26-21)19-10-9-18(24)16-23(15-17(19)2)12-6-5-7-13-23/h17-22,26H,3-16,25H2,1-2H3. The Kier molecular flexibility index (Phi) is 7.41. The molecule has 1 aliphatic heterocycles. The van der Waals surface area contributed by atoms with E-state index in [2.05, 4.69) is 19.2 Å². The van der Waals surface area contributed by atoms with Gasteiger partial charge in [0.15, 0.2) is 0 Å². The highest BCUT2D eigenvalue weighted by molar-refractivity contribution is 4.97. The second-order valence-corrected chi connectivity index (χ2v) is 10.0. The molecular formula is C23H43FN2. The van der Waals surface area contributed by atoms with Crippen molar-refractivity contribution in [1.82, 2.24) is 5.32 Å². The Hall–Kier alpha value is -0.150. The molecule has 2 nitrogen and oxygen atoms in total. The van der Waals surface area contributed by atoms with Crippen LogP contribution in [0.1, 0.15) is 97.3 Å². The molecule has 1 spiro atoms. The molecule has 1 heterocycles. The average Bonchev–Trinajstić information content (AvgIpc) is 2.61. The fourth-order valence-corrected chi connectivity index (χ4v) is 6.77. The van der Waals surface area contributed by atoms with Gasteiger partial charge in [0.2, 0.25) is 0 Å². The third kappa shape index (κ3) is 4.82. The SMILES string of the molecule is CCCCC1NCCC(C2CCC(F)CC3(CCCCC3)CC2C)C1N. The van der Waals surface area contributed by atoms with Gasteiger partial charge >= 0.3 is 0 Å². The van der Waals surface area contributed by atoms with Gasteiger partial charge in [0.1, 0.15) is 6.17 Å². The first kappa shape index (κ1) is 20.6. The molecule has 0 aromatic carbocycles. The highest BCUT2D eigenvalue weighted by Crippen LogP contribution is 2.50. The van der Waals surface area contributed by atoms with Gasteiger partial charge < -0.3 is 11.1 Å². The Morgan fingerprint density at radius 1 is 1.04 bits per heavy atom. The highest BCUT2D eigenvalue weighted by Gasteiger charge is 2.43. The minimum atomic E-state index is -0.586. The minimum absolute atomic E-state index is 0.252. The van der Waals surface area contributed by atoms with Crippen molar-refractivity contribution in [3.8, 4) is 0 Å². The van der Waals surface area contributed by atoms with Gasteiger partial charge in [-0.05, 0) is 81.1 Å². The van der Waals surface area contributed by atoms with Crippen molar-refractivity contribution in [3.63, 3.8) is 0 Å². The van der Waals surface area contributed by atoms with E-state index in [0.717, 1.165) is 25.8 Å². The van der Waals surface area contributed by atoms with E-state index in [1.807, 2.05) is 0 Å². The van der Waals surface area contributed by atoms with Crippen molar-refractivity contribution in [2.24, 2.45) is 28.9 Å². The van der Waals surface area contributed by atoms with Crippen molar-refractivity contribution >= 4 is 0 Å². The maximum Gasteiger partial charge on any atom is 0.101 e.